The van der Waals surface area contributed by atoms with Gasteiger partial charge in [-0.05, 0) is 134 Å². The number of nitrogens with one attached hydrogen (secondary N) is 1. The minimum atomic E-state index is -0.446. The summed E-state index contributed by atoms with van der Waals surface area (Å²) in [6.07, 6.45) is 15.8. The molecule has 13 rings (SSSR count). The first-order valence-corrected chi connectivity index (χ1v) is 39.2. The van der Waals surface area contributed by atoms with Crippen molar-refractivity contribution in [2.75, 3.05) is 76.5 Å². The molecule has 1 aliphatic heterocycles. The number of allylic oxidation sites excluding steroid dienone is 1. The van der Waals surface area contributed by atoms with Crippen LogP contribution in [0, 0.1) is 54.0 Å². The number of likely N-dealkylation sites (tertiary alicyclic amines) is 1. The van der Waals surface area contributed by atoms with Crippen LogP contribution in [0.4, 0.5) is 23.3 Å². The summed E-state index contributed by atoms with van der Waals surface area (Å²) in [4.78, 5) is 101. The molecule has 4 aromatic carbocycles. The van der Waals surface area contributed by atoms with Gasteiger partial charge >= 0.3 is 0 Å². The highest BCUT2D eigenvalue weighted by Gasteiger charge is 2.30. The van der Waals surface area contributed by atoms with Crippen molar-refractivity contribution < 1.29 is 39.6 Å². The molecule has 0 spiro atoms. The number of Topliss-reactive ketones (excluding diaryl/α,β-unsaturated/α-hetero) is 1. The highest BCUT2D eigenvalue weighted by atomic mass is 16.3. The highest BCUT2D eigenvalue weighted by molar-refractivity contribution is 6.12. The maximum Gasteiger partial charge on any atom is 0.252 e. The number of ketones is 1. The number of aromatic nitrogens is 12. The van der Waals surface area contributed by atoms with Gasteiger partial charge in [-0.25, -0.2) is 59.3 Å². The van der Waals surface area contributed by atoms with Gasteiger partial charge in [-0.2, -0.15) is 0 Å². The van der Waals surface area contributed by atoms with Gasteiger partial charge in [0.2, 0.25) is 5.70 Å². The fourth-order valence-corrected chi connectivity index (χ4v) is 14.1. The Balaban J connectivity index is 0.000000169. The molecule has 1 saturated heterocycles. The Hall–Kier alpha value is -14.6. The lowest BCUT2D eigenvalue weighted by molar-refractivity contribution is -0.126. The van der Waals surface area contributed by atoms with Crippen molar-refractivity contribution in [3.05, 3.63) is 236 Å². The van der Waals surface area contributed by atoms with E-state index < -0.39 is 11.8 Å². The molecular formula is C90H97N23O8. The summed E-state index contributed by atoms with van der Waals surface area (Å²) >= 11 is 0. The van der Waals surface area contributed by atoms with E-state index in [1.807, 2.05) is 157 Å². The summed E-state index contributed by atoms with van der Waals surface area (Å²) in [5, 5.41) is 43.0. The van der Waals surface area contributed by atoms with Gasteiger partial charge in [-0.3, -0.25) is 14.4 Å². The van der Waals surface area contributed by atoms with Crippen molar-refractivity contribution in [1.82, 2.24) is 73.3 Å². The molecule has 0 aliphatic carbocycles. The van der Waals surface area contributed by atoms with Gasteiger partial charge in [0.15, 0.2) is 5.78 Å². The standard InChI is InChI=1S/C24H26N6O2.C23H26N6O2.C22H24N6O2.C21H21N5O2/c1-16-6-8-17(9-7-16)20-19(14-18(26-2)24(32)29-10-3-4-11-29)30(12-5-13-31)23-21(20)22(25)27-15-28-23;1-14(2)28-23(31)17(25-4)12-18-19(16-8-6-15(3)7-9-16)20-21(24)26-13-27-22(20)29(18)10-5-11-30;1-14-6-8-15(9-7-14)18-17(12-16(24-2)22(30)27(3)4)28(10-5-11-29)21-19(18)20(23)25-13-26-21;1-13-5-7-15(8-6-13)18-17(11-16(23-3)14(2)28)26(9-4-10-27)21-19(18)20(22)24-12-25-21/h6-9,14-15,31H,3-5,10-13H2,1H3,(H2,25,27,28);6-9,12-14,30H,5,10-11H2,1-3H3,(H,28,31)(H2,24,26,27);6-9,12-13,29H,5,10-11H2,1,3-4H3,(H2,23,25,26);5-8,11-12,27H,4,9-10H2,1-2H3,(H2,22,24,25)/b18-14-;17-12-;16-12-;16-11-. The van der Waals surface area contributed by atoms with E-state index in [0.717, 1.165) is 79.6 Å². The Morgan fingerprint density at radius 3 is 0.942 bits per heavy atom. The number of aliphatic hydroxyl groups excluding tert-OH is 4. The van der Waals surface area contributed by atoms with Crippen molar-refractivity contribution in [1.29, 1.82) is 0 Å². The number of nitrogens with zero attached hydrogens (tertiary/aromatic N) is 18. The van der Waals surface area contributed by atoms with E-state index in [1.165, 1.54) is 37.1 Å². The second kappa shape index (κ2) is 41.0. The molecule has 3 amide bonds. The average Bonchev–Trinajstić information content (AvgIpc) is 1.62. The number of carbonyl (C=O) groups excluding carboxylic acids is 4. The van der Waals surface area contributed by atoms with E-state index >= 15 is 0 Å². The van der Waals surface area contributed by atoms with Crippen LogP contribution in [-0.2, 0) is 45.4 Å². The van der Waals surface area contributed by atoms with Crippen molar-refractivity contribution in [2.45, 2.75) is 119 Å². The number of hydrogen-bond acceptors (Lipinski definition) is 20. The molecular weight excluding hydrogens is 1530 g/mol. The van der Waals surface area contributed by atoms with Crippen LogP contribution in [0.3, 0.4) is 0 Å². The topological polar surface area (TPSA) is 412 Å². The van der Waals surface area contributed by atoms with Crippen LogP contribution in [0.5, 0.6) is 0 Å². The normalized spacial score (nSPS) is 12.3. The second-order valence-corrected chi connectivity index (χ2v) is 29.2. The third-order valence-electron chi connectivity index (χ3n) is 20.0. The minimum Gasteiger partial charge on any atom is -0.396 e. The molecule has 620 valence electrons. The summed E-state index contributed by atoms with van der Waals surface area (Å²) in [6.45, 7) is 46.4. The monoisotopic (exact) mass is 1630 g/mol. The van der Waals surface area contributed by atoms with Crippen LogP contribution in [0.2, 0.25) is 0 Å². The number of nitrogens with two attached hydrogens (primary N) is 4. The molecule has 9 heterocycles. The van der Waals surface area contributed by atoms with Crippen LogP contribution in [0.1, 0.15) is 104 Å². The lowest BCUT2D eigenvalue weighted by atomic mass is 10.0. The fourth-order valence-electron chi connectivity index (χ4n) is 14.1. The molecule has 31 heteroatoms. The predicted octanol–water partition coefficient (Wildman–Crippen LogP) is 12.4. The first-order chi connectivity index (χ1) is 58.3. The summed E-state index contributed by atoms with van der Waals surface area (Å²) in [7, 11) is 3.21. The number of likely N-dealkylation sites (N-methyl/N-ethyl adjacent to an activating group) is 1. The molecule has 0 saturated carbocycles. The number of benzene rings is 4. The summed E-state index contributed by atoms with van der Waals surface area (Å²) < 4.78 is 7.56. The number of anilines is 4. The van der Waals surface area contributed by atoms with E-state index in [4.69, 9.17) is 49.2 Å². The molecule has 121 heavy (non-hydrogen) atoms. The van der Waals surface area contributed by atoms with Gasteiger partial charge in [0, 0.05) is 131 Å². The zero-order chi connectivity index (χ0) is 87.3. The third kappa shape index (κ3) is 20.2. The average molecular weight is 1630 g/mol. The molecule has 0 bridgehead atoms. The predicted molar refractivity (Wildman–Crippen MR) is 472 cm³/mol. The Kier molecular flexibility index (Phi) is 30.1. The number of aryl methyl sites for hydroxylation is 8. The van der Waals surface area contributed by atoms with Gasteiger partial charge < -0.3 is 81.5 Å². The van der Waals surface area contributed by atoms with E-state index in [2.05, 4.69) is 64.6 Å². The maximum absolute atomic E-state index is 13.0. The van der Waals surface area contributed by atoms with Crippen LogP contribution in [0.25, 0.3) is 132 Å². The van der Waals surface area contributed by atoms with Gasteiger partial charge in [0.05, 0.1) is 47.8 Å². The summed E-state index contributed by atoms with van der Waals surface area (Å²) in [5.74, 6) is -0.127. The Bertz CT molecular complexity index is 6130. The number of aliphatic hydroxyl groups is 4. The number of amides is 3. The van der Waals surface area contributed by atoms with E-state index in [9.17, 15) is 39.6 Å². The summed E-state index contributed by atoms with van der Waals surface area (Å²) in [5.41, 5.74) is 41.0. The van der Waals surface area contributed by atoms with E-state index in [-0.39, 0.29) is 66.9 Å². The summed E-state index contributed by atoms with van der Waals surface area (Å²) in [6, 6.07) is 31.6. The van der Waals surface area contributed by atoms with Crippen molar-refractivity contribution in [3.63, 3.8) is 0 Å². The number of hydrogen-bond donors (Lipinski definition) is 9. The zero-order valence-electron chi connectivity index (χ0n) is 69.0. The smallest absolute Gasteiger partial charge is 0.252 e. The molecule has 0 atom stereocenters. The molecule has 8 aromatic heterocycles. The maximum atomic E-state index is 13.0. The van der Waals surface area contributed by atoms with Crippen LogP contribution >= 0.6 is 0 Å². The van der Waals surface area contributed by atoms with Gasteiger partial charge in [0.25, 0.3) is 34.8 Å². The molecule has 13 N–H and O–H groups in total. The van der Waals surface area contributed by atoms with Crippen molar-refractivity contribution in [3.8, 4) is 44.5 Å². The number of fused-ring (bicyclic) bond motifs is 4. The molecule has 31 nitrogen and oxygen atoms in total. The number of nitrogen functional groups attached to an aromatic ring is 4. The highest BCUT2D eigenvalue weighted by Crippen LogP contribution is 2.43. The Morgan fingerprint density at radius 2 is 0.694 bits per heavy atom. The van der Waals surface area contributed by atoms with Gasteiger partial charge in [-0.15, -0.1) is 0 Å². The Labute approximate surface area is 700 Å². The second-order valence-electron chi connectivity index (χ2n) is 29.2. The van der Waals surface area contributed by atoms with Crippen LogP contribution in [0.15, 0.2) is 145 Å². The molecule has 12 aromatic rings. The lowest BCUT2D eigenvalue weighted by Gasteiger charge is -2.15. The number of carbonyl (C=O) groups is 4. The van der Waals surface area contributed by atoms with E-state index in [0.29, 0.717) is 155 Å². The number of rotatable bonds is 25. The molecule has 1 fully saturated rings. The van der Waals surface area contributed by atoms with E-state index in [1.54, 1.807) is 43.3 Å². The first kappa shape index (κ1) is 88.8. The van der Waals surface area contributed by atoms with Gasteiger partial charge in [0.1, 0.15) is 71.2 Å². The first-order valence-electron chi connectivity index (χ1n) is 39.2. The fraction of sp³-hybridized carbons (Fsp3) is 0.289. The third-order valence-corrected chi connectivity index (χ3v) is 20.0. The molecule has 0 unspecified atom stereocenters. The quantitative estimate of drug-likeness (QED) is 0.0189. The largest absolute Gasteiger partial charge is 0.396 e. The van der Waals surface area contributed by atoms with Crippen LogP contribution < -0.4 is 28.3 Å². The lowest BCUT2D eigenvalue weighted by Crippen LogP contribution is -2.30. The molecule has 0 radical (unpaired) electrons. The zero-order valence-corrected chi connectivity index (χ0v) is 69.0. The van der Waals surface area contributed by atoms with Crippen molar-refractivity contribution in [2.24, 2.45) is 0 Å². The minimum absolute atomic E-state index is 0.00440. The van der Waals surface area contributed by atoms with Gasteiger partial charge in [-0.1, -0.05) is 119 Å². The Morgan fingerprint density at radius 1 is 0.430 bits per heavy atom. The van der Waals surface area contributed by atoms with Crippen LogP contribution in [-0.4, -0.2) is 172 Å². The SMILES string of the molecule is [C-]#[N+]/C(=C\c1c(-c2ccc(C)cc2)c2c(N)ncnc2n1CCCO)C(=O)N(C)C.[C-]#[N+]/C(=C\c1c(-c2ccc(C)cc2)c2c(N)ncnc2n1CCCO)C(=O)N1CCCC1.[C-]#[N+]/C(=C\c1c(-c2ccc(C)cc2)c2c(N)ncnc2n1CCCO)C(=O)NC(C)C.[C-]#[N+]/C(=C\c1c(-c2ccc(C)cc2)c2c(N)ncnc2n1CCCO)C(C)=O. The molecule has 1 aliphatic rings. The van der Waals surface area contributed by atoms with Crippen molar-refractivity contribution >= 4 is 115 Å².